The minimum atomic E-state index is -3.82. The van der Waals surface area contributed by atoms with Crippen molar-refractivity contribution in [3.05, 3.63) is 64.8 Å². The Morgan fingerprint density at radius 3 is 2.46 bits per heavy atom. The minimum Gasteiger partial charge on any atom is -0.420 e. The Balaban J connectivity index is 1.83. The highest BCUT2D eigenvalue weighted by molar-refractivity contribution is 6.20. The molecule has 10 heteroatoms. The van der Waals surface area contributed by atoms with Gasteiger partial charge in [-0.2, -0.15) is 5.10 Å². The average molecular weight is 409 g/mol. The number of aryl methyl sites for hydroxylation is 2. The fourth-order valence-corrected chi connectivity index (χ4v) is 2.64. The van der Waals surface area contributed by atoms with Crippen LogP contribution in [-0.4, -0.2) is 25.8 Å². The molecular formula is C18H15ClF2N4O3. The van der Waals surface area contributed by atoms with Gasteiger partial charge in [-0.05, 0) is 30.3 Å². The molecule has 0 aliphatic carbocycles. The first-order valence-corrected chi connectivity index (χ1v) is 8.37. The fraction of sp³-hybridized carbons (Fsp3) is 0.167. The van der Waals surface area contributed by atoms with Gasteiger partial charge in [-0.25, -0.2) is 0 Å². The zero-order valence-electron chi connectivity index (χ0n) is 14.8. The van der Waals surface area contributed by atoms with Crippen molar-refractivity contribution in [2.75, 3.05) is 5.32 Å². The number of alkyl halides is 3. The van der Waals surface area contributed by atoms with Crippen molar-refractivity contribution in [2.24, 2.45) is 14.1 Å². The SMILES string of the molecule is Cn1cc(-c2cc(C(=O)Nc3ccc(OC(F)(F)Cl)cc3)cn(C)c2=O)cn1. The third kappa shape index (κ3) is 4.55. The highest BCUT2D eigenvalue weighted by atomic mass is 35.5. The summed E-state index contributed by atoms with van der Waals surface area (Å²) in [6.45, 7) is 0. The summed E-state index contributed by atoms with van der Waals surface area (Å²) >= 11 is 4.71. The molecule has 1 N–H and O–H groups in total. The molecule has 2 aromatic heterocycles. The van der Waals surface area contributed by atoms with Gasteiger partial charge in [0.05, 0.1) is 17.3 Å². The van der Waals surface area contributed by atoms with Crippen LogP contribution in [0.2, 0.25) is 0 Å². The summed E-state index contributed by atoms with van der Waals surface area (Å²) in [6, 6.07) is 6.74. The van der Waals surface area contributed by atoms with Gasteiger partial charge in [-0.3, -0.25) is 14.3 Å². The largest absolute Gasteiger partial charge is 0.487 e. The lowest BCUT2D eigenvalue weighted by atomic mass is 10.1. The zero-order chi connectivity index (χ0) is 20.5. The second-order valence-corrected chi connectivity index (χ2v) is 6.43. The first-order valence-electron chi connectivity index (χ1n) is 7.99. The van der Waals surface area contributed by atoms with Gasteiger partial charge in [-0.1, -0.05) is 0 Å². The molecule has 0 unspecified atom stereocenters. The first-order chi connectivity index (χ1) is 13.1. The Bertz CT molecular complexity index is 1070. The molecular weight excluding hydrogens is 394 g/mol. The summed E-state index contributed by atoms with van der Waals surface area (Å²) in [5.41, 5.74) is -2.58. The molecule has 0 aliphatic heterocycles. The fourth-order valence-electron chi connectivity index (χ4n) is 2.55. The number of carbonyl (C=O) groups is 1. The summed E-state index contributed by atoms with van der Waals surface area (Å²) in [4.78, 5) is 24.9. The highest BCUT2D eigenvalue weighted by Crippen LogP contribution is 2.26. The third-order valence-corrected chi connectivity index (χ3v) is 3.88. The van der Waals surface area contributed by atoms with E-state index < -0.39 is 11.5 Å². The van der Waals surface area contributed by atoms with Crippen LogP contribution in [0.4, 0.5) is 14.5 Å². The van der Waals surface area contributed by atoms with E-state index in [0.29, 0.717) is 16.8 Å². The smallest absolute Gasteiger partial charge is 0.420 e. The molecule has 0 saturated heterocycles. The molecule has 3 rings (SSSR count). The number of aromatic nitrogens is 3. The molecule has 146 valence electrons. The maximum atomic E-state index is 12.6. The number of carbonyl (C=O) groups excluding carboxylic acids is 1. The van der Waals surface area contributed by atoms with Crippen LogP contribution >= 0.6 is 11.6 Å². The average Bonchev–Trinajstić information content (AvgIpc) is 3.03. The normalized spacial score (nSPS) is 11.3. The predicted molar refractivity (Wildman–Crippen MR) is 99.7 cm³/mol. The van der Waals surface area contributed by atoms with Crippen LogP contribution in [0.3, 0.4) is 0 Å². The van der Waals surface area contributed by atoms with Gasteiger partial charge >= 0.3 is 5.57 Å². The predicted octanol–water partition coefficient (Wildman–Crippen LogP) is 3.21. The molecule has 0 bridgehead atoms. The summed E-state index contributed by atoms with van der Waals surface area (Å²) < 4.78 is 32.3. The third-order valence-electron chi connectivity index (χ3n) is 3.81. The van der Waals surface area contributed by atoms with Gasteiger partial charge in [0, 0.05) is 49.3 Å². The molecule has 0 atom stereocenters. The van der Waals surface area contributed by atoms with Crippen molar-refractivity contribution in [1.82, 2.24) is 14.3 Å². The standard InChI is InChI=1S/C18H15ClF2N4O3/c1-24-9-11(7-15(17(24)27)12-8-22-25(2)10-12)16(26)23-13-3-5-14(6-4-13)28-18(19,20)21/h3-10H,1-2H3,(H,23,26). The maximum Gasteiger partial charge on any atom is 0.487 e. The van der Waals surface area contributed by atoms with Gasteiger partial charge in [0.1, 0.15) is 5.75 Å². The molecule has 0 spiro atoms. The van der Waals surface area contributed by atoms with Crippen molar-refractivity contribution < 1.29 is 18.3 Å². The molecule has 2 heterocycles. The van der Waals surface area contributed by atoms with Gasteiger partial charge < -0.3 is 14.6 Å². The summed E-state index contributed by atoms with van der Waals surface area (Å²) in [7, 11) is 3.26. The van der Waals surface area contributed by atoms with E-state index in [9.17, 15) is 18.4 Å². The number of pyridine rings is 1. The van der Waals surface area contributed by atoms with Crippen LogP contribution in [0.25, 0.3) is 11.1 Å². The molecule has 3 aromatic rings. The summed E-state index contributed by atoms with van der Waals surface area (Å²) in [5, 5.41) is 6.66. The number of nitrogens with one attached hydrogen (secondary N) is 1. The van der Waals surface area contributed by atoms with Crippen molar-refractivity contribution in [1.29, 1.82) is 0 Å². The summed E-state index contributed by atoms with van der Waals surface area (Å²) in [6.07, 6.45) is 4.61. The van der Waals surface area contributed by atoms with Crippen molar-refractivity contribution in [3.8, 4) is 16.9 Å². The number of benzene rings is 1. The Morgan fingerprint density at radius 2 is 1.89 bits per heavy atom. The Morgan fingerprint density at radius 1 is 1.21 bits per heavy atom. The Hall–Kier alpha value is -3.20. The topological polar surface area (TPSA) is 78.2 Å². The van der Waals surface area contributed by atoms with E-state index in [1.807, 2.05) is 0 Å². The zero-order valence-corrected chi connectivity index (χ0v) is 15.6. The molecule has 28 heavy (non-hydrogen) atoms. The minimum absolute atomic E-state index is 0.154. The van der Waals surface area contributed by atoms with Crippen LogP contribution in [-0.2, 0) is 14.1 Å². The van der Waals surface area contributed by atoms with Crippen LogP contribution in [0.5, 0.6) is 5.75 Å². The van der Waals surface area contributed by atoms with Crippen molar-refractivity contribution in [3.63, 3.8) is 0 Å². The quantitative estimate of drug-likeness (QED) is 0.657. The van der Waals surface area contributed by atoms with E-state index in [4.69, 9.17) is 11.6 Å². The molecule has 1 amide bonds. The van der Waals surface area contributed by atoms with Gasteiger partial charge in [0.25, 0.3) is 11.5 Å². The van der Waals surface area contributed by atoms with Gasteiger partial charge in [-0.15, -0.1) is 8.78 Å². The van der Waals surface area contributed by atoms with Gasteiger partial charge in [0.15, 0.2) is 0 Å². The van der Waals surface area contributed by atoms with E-state index in [1.165, 1.54) is 54.3 Å². The van der Waals surface area contributed by atoms with Crippen LogP contribution in [0.1, 0.15) is 10.4 Å². The number of hydrogen-bond donors (Lipinski definition) is 1. The Labute approximate surface area is 163 Å². The number of amides is 1. The lowest BCUT2D eigenvalue weighted by Crippen LogP contribution is -2.22. The number of rotatable bonds is 5. The lowest BCUT2D eigenvalue weighted by molar-refractivity contribution is -0.0964. The Kier molecular flexibility index (Phi) is 5.19. The van der Waals surface area contributed by atoms with Crippen LogP contribution in [0, 0.1) is 0 Å². The molecule has 0 fully saturated rings. The van der Waals surface area contributed by atoms with Gasteiger partial charge in [0.2, 0.25) is 0 Å². The van der Waals surface area contributed by atoms with E-state index in [2.05, 4.69) is 15.2 Å². The number of halogens is 3. The molecule has 1 aromatic carbocycles. The van der Waals surface area contributed by atoms with E-state index >= 15 is 0 Å². The highest BCUT2D eigenvalue weighted by Gasteiger charge is 2.27. The van der Waals surface area contributed by atoms with Crippen molar-refractivity contribution >= 4 is 23.2 Å². The second-order valence-electron chi connectivity index (χ2n) is 5.99. The number of anilines is 1. The monoisotopic (exact) mass is 408 g/mol. The second kappa shape index (κ2) is 7.43. The summed E-state index contributed by atoms with van der Waals surface area (Å²) in [5.74, 6) is -0.629. The van der Waals surface area contributed by atoms with E-state index in [-0.39, 0.29) is 16.9 Å². The first kappa shape index (κ1) is 19.6. The molecule has 0 saturated carbocycles. The number of nitrogens with zero attached hydrogens (tertiary/aromatic N) is 3. The van der Waals surface area contributed by atoms with Crippen molar-refractivity contribution in [2.45, 2.75) is 5.57 Å². The number of hydrogen-bond acceptors (Lipinski definition) is 4. The lowest BCUT2D eigenvalue weighted by Gasteiger charge is -2.12. The molecule has 0 aliphatic rings. The van der Waals surface area contributed by atoms with E-state index in [1.54, 1.807) is 17.9 Å². The van der Waals surface area contributed by atoms with Crippen LogP contribution in [0.15, 0.2) is 53.7 Å². The maximum absolute atomic E-state index is 12.6. The number of ether oxygens (including phenoxy) is 1. The molecule has 7 nitrogen and oxygen atoms in total. The molecule has 0 radical (unpaired) electrons. The van der Waals surface area contributed by atoms with E-state index in [0.717, 1.165) is 0 Å². The van der Waals surface area contributed by atoms with Crippen LogP contribution < -0.4 is 15.6 Å².